The second kappa shape index (κ2) is 6.66. The molecule has 2 rings (SSSR count). The molecular weight excluding hydrogens is 314 g/mol. The quantitative estimate of drug-likeness (QED) is 0.844. The molecule has 96 valence electrons. The number of rotatable bonds is 2. The van der Waals surface area contributed by atoms with E-state index in [0.717, 1.165) is 4.47 Å². The smallest absolute Gasteiger partial charge is 0.223 e. The van der Waals surface area contributed by atoms with E-state index in [1.54, 1.807) is 36.4 Å². The molecule has 0 spiro atoms. The first-order valence-electron chi connectivity index (χ1n) is 5.52. The molecule has 3 nitrogen and oxygen atoms in total. The Kier molecular flexibility index (Phi) is 5.50. The van der Waals surface area contributed by atoms with Crippen LogP contribution < -0.4 is 0 Å². The molecule has 2 aromatic rings. The van der Waals surface area contributed by atoms with Crippen molar-refractivity contribution < 1.29 is 8.42 Å². The first-order valence-corrected chi connectivity index (χ1v) is 7.80. The van der Waals surface area contributed by atoms with Gasteiger partial charge in [-0.3, -0.25) is 0 Å². The zero-order valence-corrected chi connectivity index (χ0v) is 12.6. The Morgan fingerprint density at radius 3 is 2.11 bits per heavy atom. The van der Waals surface area contributed by atoms with Crippen molar-refractivity contribution in [2.24, 2.45) is 0 Å². The van der Waals surface area contributed by atoms with Crippen molar-refractivity contribution >= 4 is 25.8 Å². The minimum atomic E-state index is -3.49. The van der Waals surface area contributed by atoms with Crippen molar-refractivity contribution in [2.75, 3.05) is 0 Å². The summed E-state index contributed by atoms with van der Waals surface area (Å²) in [7, 11) is -3.49. The molecule has 18 heavy (non-hydrogen) atoms. The van der Waals surface area contributed by atoms with E-state index in [1.807, 2.05) is 13.8 Å². The van der Waals surface area contributed by atoms with Crippen LogP contribution in [0.15, 0.2) is 63.1 Å². The van der Waals surface area contributed by atoms with Crippen LogP contribution in [0.2, 0.25) is 0 Å². The van der Waals surface area contributed by atoms with Crippen LogP contribution in [0.5, 0.6) is 0 Å². The molecule has 0 amide bonds. The molecule has 0 atom stereocenters. The lowest BCUT2D eigenvalue weighted by atomic mass is 10.4. The lowest BCUT2D eigenvalue weighted by Gasteiger charge is -2.02. The summed E-state index contributed by atoms with van der Waals surface area (Å²) in [6.07, 6.45) is 1.47. The molecule has 0 aliphatic carbocycles. The maximum absolute atomic E-state index is 12.1. The number of halogens is 1. The predicted octanol–water partition coefficient (Wildman–Crippen LogP) is 3.70. The van der Waals surface area contributed by atoms with Gasteiger partial charge in [0.2, 0.25) is 9.84 Å². The second-order valence-corrected chi connectivity index (χ2v) is 5.94. The zero-order chi connectivity index (χ0) is 13.6. The Morgan fingerprint density at radius 2 is 1.61 bits per heavy atom. The lowest BCUT2D eigenvalue weighted by molar-refractivity contribution is 0.592. The van der Waals surface area contributed by atoms with E-state index in [0.29, 0.717) is 0 Å². The maximum atomic E-state index is 12.1. The Bertz CT molecular complexity index is 580. The van der Waals surface area contributed by atoms with Gasteiger partial charge in [-0.15, -0.1) is 0 Å². The van der Waals surface area contributed by atoms with E-state index in [9.17, 15) is 8.42 Å². The molecule has 0 saturated carbocycles. The fourth-order valence-electron chi connectivity index (χ4n) is 1.24. The van der Waals surface area contributed by atoms with Crippen LogP contribution in [-0.2, 0) is 9.84 Å². The molecule has 1 aromatic carbocycles. The molecule has 1 aromatic heterocycles. The molecule has 0 fully saturated rings. The number of benzene rings is 1. The highest BCUT2D eigenvalue weighted by atomic mass is 79.9. The summed E-state index contributed by atoms with van der Waals surface area (Å²) in [6.45, 7) is 4.00. The molecule has 0 N–H and O–H groups in total. The van der Waals surface area contributed by atoms with Gasteiger partial charge in [-0.2, -0.15) is 0 Å². The van der Waals surface area contributed by atoms with Crippen molar-refractivity contribution in [3.63, 3.8) is 0 Å². The largest absolute Gasteiger partial charge is 0.243 e. The van der Waals surface area contributed by atoms with Gasteiger partial charge in [0.1, 0.15) is 0 Å². The first-order chi connectivity index (χ1) is 8.60. The van der Waals surface area contributed by atoms with Gasteiger partial charge in [0.15, 0.2) is 5.03 Å². The topological polar surface area (TPSA) is 47.0 Å². The average Bonchev–Trinajstić information content (AvgIpc) is 2.42. The molecule has 5 heteroatoms. The van der Waals surface area contributed by atoms with Crippen LogP contribution in [0.4, 0.5) is 0 Å². The predicted molar refractivity (Wildman–Crippen MR) is 75.2 cm³/mol. The number of pyridine rings is 1. The number of sulfone groups is 1. The SMILES string of the molecule is CC.O=S(=O)(c1ccccc1)c1ccc(Br)cn1. The van der Waals surface area contributed by atoms with E-state index < -0.39 is 9.84 Å². The van der Waals surface area contributed by atoms with Crippen LogP contribution in [0.3, 0.4) is 0 Å². The Morgan fingerprint density at radius 1 is 1.00 bits per heavy atom. The van der Waals surface area contributed by atoms with Crippen LogP contribution in [0.25, 0.3) is 0 Å². The molecule has 0 unspecified atom stereocenters. The molecule has 0 saturated heterocycles. The van der Waals surface area contributed by atoms with Crippen LogP contribution in [0.1, 0.15) is 13.8 Å². The zero-order valence-electron chi connectivity index (χ0n) is 10.2. The summed E-state index contributed by atoms with van der Waals surface area (Å²) in [4.78, 5) is 4.15. The molecule has 0 radical (unpaired) electrons. The average molecular weight is 328 g/mol. The lowest BCUT2D eigenvalue weighted by Crippen LogP contribution is -2.03. The van der Waals surface area contributed by atoms with Crippen LogP contribution in [0, 0.1) is 0 Å². The van der Waals surface area contributed by atoms with Gasteiger partial charge in [-0.25, -0.2) is 13.4 Å². The fraction of sp³-hybridized carbons (Fsp3) is 0.154. The highest BCUT2D eigenvalue weighted by Crippen LogP contribution is 2.19. The van der Waals surface area contributed by atoms with Crippen molar-refractivity contribution in [2.45, 2.75) is 23.8 Å². The highest BCUT2D eigenvalue weighted by Gasteiger charge is 2.17. The van der Waals surface area contributed by atoms with Crippen molar-refractivity contribution in [3.8, 4) is 0 Å². The van der Waals surface area contributed by atoms with Gasteiger partial charge >= 0.3 is 0 Å². The standard InChI is InChI=1S/C11H8BrNO2S.C2H6/c12-9-6-7-11(13-8-9)16(14,15)10-4-2-1-3-5-10;1-2/h1-8H;1-2H3. The van der Waals surface area contributed by atoms with E-state index in [2.05, 4.69) is 20.9 Å². The number of aromatic nitrogens is 1. The molecule has 0 aliphatic rings. The van der Waals surface area contributed by atoms with Gasteiger partial charge < -0.3 is 0 Å². The molecule has 1 heterocycles. The van der Waals surface area contributed by atoms with Crippen molar-refractivity contribution in [1.82, 2.24) is 4.98 Å². The molecule has 0 aliphatic heterocycles. The van der Waals surface area contributed by atoms with Gasteiger partial charge in [0.05, 0.1) is 4.90 Å². The number of hydrogen-bond donors (Lipinski definition) is 0. The first kappa shape index (κ1) is 14.9. The molecule has 0 bridgehead atoms. The normalized spacial score (nSPS) is 10.4. The van der Waals surface area contributed by atoms with Gasteiger partial charge in [0, 0.05) is 10.7 Å². The van der Waals surface area contributed by atoms with Gasteiger partial charge in [0.25, 0.3) is 0 Å². The Balaban J connectivity index is 0.000000771. The fourth-order valence-corrected chi connectivity index (χ4v) is 2.67. The van der Waals surface area contributed by atoms with E-state index in [-0.39, 0.29) is 9.92 Å². The van der Waals surface area contributed by atoms with E-state index in [4.69, 9.17) is 0 Å². The van der Waals surface area contributed by atoms with E-state index in [1.165, 1.54) is 12.3 Å². The summed E-state index contributed by atoms with van der Waals surface area (Å²) in [5, 5.41) is 0.0573. The number of nitrogens with zero attached hydrogens (tertiary/aromatic N) is 1. The second-order valence-electron chi connectivity index (χ2n) is 3.13. The highest BCUT2D eigenvalue weighted by molar-refractivity contribution is 9.10. The van der Waals surface area contributed by atoms with Crippen molar-refractivity contribution in [3.05, 3.63) is 53.1 Å². The van der Waals surface area contributed by atoms with Gasteiger partial charge in [-0.05, 0) is 40.2 Å². The third-order valence-electron chi connectivity index (χ3n) is 2.03. The third-order valence-corrected chi connectivity index (χ3v) is 4.18. The minimum Gasteiger partial charge on any atom is -0.243 e. The Hall–Kier alpha value is -1.20. The van der Waals surface area contributed by atoms with Crippen LogP contribution >= 0.6 is 15.9 Å². The molecular formula is C13H14BrNO2S. The summed E-state index contributed by atoms with van der Waals surface area (Å²) in [6, 6.07) is 11.4. The maximum Gasteiger partial charge on any atom is 0.223 e. The Labute approximate surface area is 116 Å². The van der Waals surface area contributed by atoms with Gasteiger partial charge in [-0.1, -0.05) is 32.0 Å². The summed E-state index contributed by atoms with van der Waals surface area (Å²) >= 11 is 3.21. The van der Waals surface area contributed by atoms with E-state index >= 15 is 0 Å². The minimum absolute atomic E-state index is 0.0573. The third kappa shape index (κ3) is 3.40. The summed E-state index contributed by atoms with van der Waals surface area (Å²) < 4.78 is 24.9. The monoisotopic (exact) mass is 327 g/mol. The van der Waals surface area contributed by atoms with Crippen molar-refractivity contribution in [1.29, 1.82) is 0 Å². The van der Waals surface area contributed by atoms with Crippen LogP contribution in [-0.4, -0.2) is 13.4 Å². The number of hydrogen-bond acceptors (Lipinski definition) is 3. The summed E-state index contributed by atoms with van der Waals surface area (Å²) in [5.74, 6) is 0. The summed E-state index contributed by atoms with van der Waals surface area (Å²) in [5.41, 5.74) is 0.